The number of carbonyl (C=O) groups excluding carboxylic acids is 2. The zero-order chi connectivity index (χ0) is 12.0. The first-order valence-electron chi connectivity index (χ1n) is 4.88. The summed E-state index contributed by atoms with van der Waals surface area (Å²) < 4.78 is 13.0. The normalized spacial score (nSPS) is 13.2. The van der Waals surface area contributed by atoms with Crippen LogP contribution in [0.1, 0.15) is 32.1 Å². The zero-order valence-corrected chi connectivity index (χ0v) is 8.48. The van der Waals surface area contributed by atoms with Gasteiger partial charge in [-0.05, 0) is 18.2 Å². The molecule has 2 heterocycles. The number of carbonyl (C=O) groups is 2. The van der Waals surface area contributed by atoms with Gasteiger partial charge in [-0.2, -0.15) is 0 Å². The summed E-state index contributed by atoms with van der Waals surface area (Å²) in [4.78, 5) is 31.5. The van der Waals surface area contributed by atoms with Crippen LogP contribution in [0.2, 0.25) is 0 Å². The Labute approximate surface area is 95.1 Å². The van der Waals surface area contributed by atoms with Crippen molar-refractivity contribution in [3.05, 3.63) is 58.9 Å². The molecule has 4 nitrogen and oxygen atoms in total. The maximum absolute atomic E-state index is 13.0. The van der Waals surface area contributed by atoms with E-state index in [0.29, 0.717) is 0 Å². The van der Waals surface area contributed by atoms with Crippen molar-refractivity contribution in [1.82, 2.24) is 9.97 Å². The zero-order valence-electron chi connectivity index (χ0n) is 8.48. The predicted octanol–water partition coefficient (Wildman–Crippen LogP) is 1.39. The van der Waals surface area contributed by atoms with Crippen molar-refractivity contribution in [2.75, 3.05) is 0 Å². The molecule has 1 aliphatic rings. The average Bonchev–Trinajstić information content (AvgIpc) is 2.36. The van der Waals surface area contributed by atoms with Gasteiger partial charge < -0.3 is 0 Å². The summed E-state index contributed by atoms with van der Waals surface area (Å²) in [5.41, 5.74) is 0.222. The van der Waals surface area contributed by atoms with Gasteiger partial charge in [0.2, 0.25) is 5.78 Å². The third-order valence-corrected chi connectivity index (χ3v) is 2.58. The third-order valence-electron chi connectivity index (χ3n) is 2.58. The van der Waals surface area contributed by atoms with Crippen LogP contribution in [0.4, 0.5) is 4.39 Å². The summed E-state index contributed by atoms with van der Waals surface area (Å²) in [6.45, 7) is 0. The molecular weight excluding hydrogens is 223 g/mol. The quantitative estimate of drug-likeness (QED) is 0.583. The number of halogens is 1. The first-order chi connectivity index (χ1) is 8.18. The van der Waals surface area contributed by atoms with Crippen LogP contribution in [-0.2, 0) is 0 Å². The van der Waals surface area contributed by atoms with E-state index in [-0.39, 0.29) is 22.5 Å². The molecule has 0 atom stereocenters. The van der Waals surface area contributed by atoms with Crippen LogP contribution in [0, 0.1) is 5.82 Å². The fourth-order valence-electron chi connectivity index (χ4n) is 1.82. The van der Waals surface area contributed by atoms with Gasteiger partial charge in [0, 0.05) is 6.20 Å². The lowest BCUT2D eigenvalue weighted by Crippen LogP contribution is -2.23. The van der Waals surface area contributed by atoms with Gasteiger partial charge >= 0.3 is 0 Å². The molecule has 1 aliphatic carbocycles. The summed E-state index contributed by atoms with van der Waals surface area (Å²) >= 11 is 0. The summed E-state index contributed by atoms with van der Waals surface area (Å²) in [6, 6.07) is 4.08. The van der Waals surface area contributed by atoms with Crippen LogP contribution >= 0.6 is 0 Å². The molecule has 0 amide bonds. The number of pyridine rings is 2. The Morgan fingerprint density at radius 1 is 1.00 bits per heavy atom. The van der Waals surface area contributed by atoms with Crippen molar-refractivity contribution in [3.63, 3.8) is 0 Å². The Hall–Kier alpha value is -2.43. The van der Waals surface area contributed by atoms with Crippen molar-refractivity contribution >= 4 is 11.6 Å². The largest absolute Gasteiger partial charge is 0.288 e. The molecule has 0 saturated carbocycles. The van der Waals surface area contributed by atoms with Crippen LogP contribution in [0.25, 0.3) is 0 Å². The smallest absolute Gasteiger partial charge is 0.231 e. The minimum absolute atomic E-state index is 0.00417. The van der Waals surface area contributed by atoms with E-state index >= 15 is 0 Å². The number of fused-ring (bicyclic) bond motifs is 2. The van der Waals surface area contributed by atoms with Crippen molar-refractivity contribution in [1.29, 1.82) is 0 Å². The molecule has 0 fully saturated rings. The minimum atomic E-state index is -0.641. The highest BCUT2D eigenvalue weighted by Crippen LogP contribution is 2.24. The third kappa shape index (κ3) is 1.29. The van der Waals surface area contributed by atoms with Gasteiger partial charge in [-0.15, -0.1) is 0 Å². The number of rotatable bonds is 0. The van der Waals surface area contributed by atoms with Crippen LogP contribution in [0.5, 0.6) is 0 Å². The Bertz CT molecular complexity index is 667. The van der Waals surface area contributed by atoms with Crippen LogP contribution in [-0.4, -0.2) is 21.5 Å². The average molecular weight is 228 g/mol. The van der Waals surface area contributed by atoms with E-state index < -0.39 is 17.4 Å². The van der Waals surface area contributed by atoms with Crippen molar-refractivity contribution < 1.29 is 14.0 Å². The van der Waals surface area contributed by atoms with Gasteiger partial charge in [0.1, 0.15) is 17.2 Å². The molecule has 2 aromatic heterocycles. The molecule has 82 valence electrons. The Morgan fingerprint density at radius 3 is 2.59 bits per heavy atom. The molecule has 0 N–H and O–H groups in total. The molecule has 17 heavy (non-hydrogen) atoms. The van der Waals surface area contributed by atoms with Crippen molar-refractivity contribution in [3.8, 4) is 0 Å². The summed E-state index contributed by atoms with van der Waals surface area (Å²) in [7, 11) is 0. The molecular formula is C12H5FN2O2. The molecule has 0 aromatic carbocycles. The molecule has 0 bridgehead atoms. The summed E-state index contributed by atoms with van der Waals surface area (Å²) in [5.74, 6) is -1.51. The topological polar surface area (TPSA) is 59.9 Å². The second kappa shape index (κ2) is 3.28. The van der Waals surface area contributed by atoms with Crippen molar-refractivity contribution in [2.24, 2.45) is 0 Å². The Balaban J connectivity index is 2.33. The van der Waals surface area contributed by atoms with Crippen LogP contribution in [0.3, 0.4) is 0 Å². The number of aromatic nitrogens is 2. The molecule has 0 aliphatic heterocycles. The van der Waals surface area contributed by atoms with E-state index in [2.05, 4.69) is 9.97 Å². The van der Waals surface area contributed by atoms with Crippen LogP contribution in [0.15, 0.2) is 30.6 Å². The number of hydrogen-bond donors (Lipinski definition) is 0. The van der Waals surface area contributed by atoms with Gasteiger partial charge in [0.25, 0.3) is 0 Å². The van der Waals surface area contributed by atoms with E-state index in [0.717, 1.165) is 12.3 Å². The fraction of sp³-hybridized carbons (Fsp3) is 0. The summed E-state index contributed by atoms with van der Waals surface area (Å²) in [5, 5.41) is 0. The highest BCUT2D eigenvalue weighted by molar-refractivity contribution is 6.26. The van der Waals surface area contributed by atoms with Gasteiger partial charge in [-0.1, -0.05) is 0 Å². The molecule has 3 rings (SSSR count). The van der Waals surface area contributed by atoms with Gasteiger partial charge in [-0.25, -0.2) is 9.37 Å². The summed E-state index contributed by atoms with van der Waals surface area (Å²) in [6.07, 6.45) is 2.34. The van der Waals surface area contributed by atoms with Gasteiger partial charge in [-0.3, -0.25) is 14.6 Å². The standard InChI is InChI=1S/C12H5FN2O2/c13-6-4-8-10(15-5-6)12(17)9-7(11(8)16)2-1-3-14-9/h1-5H. The molecule has 5 heteroatoms. The Kier molecular flexibility index (Phi) is 1.89. The van der Waals surface area contributed by atoms with E-state index in [9.17, 15) is 14.0 Å². The first kappa shape index (κ1) is 9.77. The molecule has 0 spiro atoms. The lowest BCUT2D eigenvalue weighted by atomic mass is 9.90. The van der Waals surface area contributed by atoms with Crippen LogP contribution < -0.4 is 0 Å². The highest BCUT2D eigenvalue weighted by Gasteiger charge is 2.31. The lowest BCUT2D eigenvalue weighted by Gasteiger charge is -2.14. The highest BCUT2D eigenvalue weighted by atomic mass is 19.1. The predicted molar refractivity (Wildman–Crippen MR) is 55.3 cm³/mol. The SMILES string of the molecule is O=C1c2cccnc2C(=O)c2ncc(F)cc21. The Morgan fingerprint density at radius 2 is 1.76 bits per heavy atom. The lowest BCUT2D eigenvalue weighted by molar-refractivity contribution is 0.0971. The minimum Gasteiger partial charge on any atom is -0.288 e. The van der Waals surface area contributed by atoms with E-state index in [4.69, 9.17) is 0 Å². The number of nitrogens with zero attached hydrogens (tertiary/aromatic N) is 2. The fourth-order valence-corrected chi connectivity index (χ4v) is 1.82. The van der Waals surface area contributed by atoms with E-state index in [1.165, 1.54) is 12.3 Å². The molecule has 0 radical (unpaired) electrons. The van der Waals surface area contributed by atoms with Gasteiger partial charge in [0.15, 0.2) is 5.78 Å². The second-order valence-corrected chi connectivity index (χ2v) is 3.61. The van der Waals surface area contributed by atoms with Crippen molar-refractivity contribution in [2.45, 2.75) is 0 Å². The van der Waals surface area contributed by atoms with E-state index in [1.807, 2.05) is 0 Å². The van der Waals surface area contributed by atoms with E-state index in [1.54, 1.807) is 6.07 Å². The molecule has 0 unspecified atom stereocenters. The maximum atomic E-state index is 13.0. The first-order valence-corrected chi connectivity index (χ1v) is 4.88. The molecule has 2 aromatic rings. The second-order valence-electron chi connectivity index (χ2n) is 3.61. The number of ketones is 2. The maximum Gasteiger partial charge on any atom is 0.231 e. The number of hydrogen-bond acceptors (Lipinski definition) is 4. The molecule has 0 saturated heterocycles. The van der Waals surface area contributed by atoms with Gasteiger partial charge in [0.05, 0.1) is 17.3 Å². The monoisotopic (exact) mass is 228 g/mol.